The largest absolute Gasteiger partial charge is 0.345 e. The van der Waals surface area contributed by atoms with Crippen molar-refractivity contribution in [3.05, 3.63) is 17.5 Å². The molecule has 21 heavy (non-hydrogen) atoms. The van der Waals surface area contributed by atoms with Crippen molar-refractivity contribution in [2.45, 2.75) is 26.2 Å². The molecule has 3 heterocycles. The molecule has 114 valence electrons. The van der Waals surface area contributed by atoms with Crippen molar-refractivity contribution in [1.82, 2.24) is 19.6 Å². The number of rotatable bonds is 1. The fourth-order valence-electron chi connectivity index (χ4n) is 3.60. The highest BCUT2D eigenvalue weighted by atomic mass is 16.2. The molecule has 2 fully saturated rings. The van der Waals surface area contributed by atoms with Crippen molar-refractivity contribution >= 4 is 11.8 Å². The number of hydrogen-bond acceptors (Lipinski definition) is 3. The molecular weight excluding hydrogens is 268 g/mol. The van der Waals surface area contributed by atoms with E-state index in [1.54, 1.807) is 10.9 Å². The van der Waals surface area contributed by atoms with Crippen molar-refractivity contribution in [3.63, 3.8) is 0 Å². The Kier molecular flexibility index (Phi) is 3.26. The van der Waals surface area contributed by atoms with Crippen LogP contribution >= 0.6 is 0 Å². The third kappa shape index (κ3) is 2.43. The van der Waals surface area contributed by atoms with Crippen LogP contribution in [-0.2, 0) is 11.8 Å². The minimum absolute atomic E-state index is 0.0631. The summed E-state index contributed by atoms with van der Waals surface area (Å²) in [6, 6.07) is 0. The number of likely N-dealkylation sites (tertiary alicyclic amines) is 2. The first kappa shape index (κ1) is 14.1. The van der Waals surface area contributed by atoms with E-state index in [9.17, 15) is 9.59 Å². The molecule has 0 aromatic carbocycles. The van der Waals surface area contributed by atoms with Gasteiger partial charge in [0, 0.05) is 51.8 Å². The van der Waals surface area contributed by atoms with Crippen LogP contribution in [0.2, 0.25) is 0 Å². The SMILES string of the molecule is Cc1nn(C)cc1C(=O)N1CCC2(CC1)CC(=O)N(C)C2. The first-order valence-electron chi connectivity index (χ1n) is 7.44. The topological polar surface area (TPSA) is 58.4 Å². The van der Waals surface area contributed by atoms with Crippen molar-refractivity contribution in [3.8, 4) is 0 Å². The second kappa shape index (κ2) is 4.86. The Bertz CT molecular complexity index is 584. The minimum Gasteiger partial charge on any atom is -0.345 e. The molecule has 2 amide bonds. The Balaban J connectivity index is 1.67. The van der Waals surface area contributed by atoms with E-state index >= 15 is 0 Å². The highest BCUT2D eigenvalue weighted by Gasteiger charge is 2.44. The molecule has 0 atom stereocenters. The molecule has 6 nitrogen and oxygen atoms in total. The lowest BCUT2D eigenvalue weighted by Crippen LogP contribution is -2.44. The second-order valence-electron chi connectivity index (χ2n) is 6.52. The molecule has 2 saturated heterocycles. The van der Waals surface area contributed by atoms with E-state index in [1.807, 2.05) is 30.8 Å². The van der Waals surface area contributed by atoms with Gasteiger partial charge in [-0.2, -0.15) is 5.10 Å². The first-order valence-corrected chi connectivity index (χ1v) is 7.44. The predicted octanol–water partition coefficient (Wildman–Crippen LogP) is 0.813. The van der Waals surface area contributed by atoms with Crippen molar-refractivity contribution in [2.75, 3.05) is 26.7 Å². The number of hydrogen-bond donors (Lipinski definition) is 0. The summed E-state index contributed by atoms with van der Waals surface area (Å²) >= 11 is 0. The van der Waals surface area contributed by atoms with Crippen LogP contribution in [0.3, 0.4) is 0 Å². The van der Waals surface area contributed by atoms with E-state index in [4.69, 9.17) is 0 Å². The number of carbonyl (C=O) groups excluding carboxylic acids is 2. The summed E-state index contributed by atoms with van der Waals surface area (Å²) < 4.78 is 1.68. The third-order valence-electron chi connectivity index (χ3n) is 4.88. The molecule has 3 rings (SSSR count). The van der Waals surface area contributed by atoms with Gasteiger partial charge in [-0.25, -0.2) is 0 Å². The maximum Gasteiger partial charge on any atom is 0.257 e. The van der Waals surface area contributed by atoms with E-state index in [-0.39, 0.29) is 17.2 Å². The van der Waals surface area contributed by atoms with Crippen LogP contribution in [0.15, 0.2) is 6.20 Å². The monoisotopic (exact) mass is 290 g/mol. The average molecular weight is 290 g/mol. The second-order valence-corrected chi connectivity index (χ2v) is 6.52. The number of aromatic nitrogens is 2. The van der Waals surface area contributed by atoms with Gasteiger partial charge in [-0.1, -0.05) is 0 Å². The normalized spacial score (nSPS) is 21.4. The van der Waals surface area contributed by atoms with Crippen molar-refractivity contribution in [1.29, 1.82) is 0 Å². The lowest BCUT2D eigenvalue weighted by Gasteiger charge is -2.38. The van der Waals surface area contributed by atoms with Crippen molar-refractivity contribution < 1.29 is 9.59 Å². The van der Waals surface area contributed by atoms with E-state index < -0.39 is 0 Å². The van der Waals surface area contributed by atoms with Crippen LogP contribution in [0.5, 0.6) is 0 Å². The maximum atomic E-state index is 12.6. The number of amides is 2. The number of piperidine rings is 1. The van der Waals surface area contributed by atoms with Crippen LogP contribution in [0.4, 0.5) is 0 Å². The molecule has 1 aromatic rings. The van der Waals surface area contributed by atoms with Gasteiger partial charge < -0.3 is 9.80 Å². The van der Waals surface area contributed by atoms with Gasteiger partial charge in [-0.15, -0.1) is 0 Å². The third-order valence-corrected chi connectivity index (χ3v) is 4.88. The zero-order valence-electron chi connectivity index (χ0n) is 12.9. The minimum atomic E-state index is 0.0631. The van der Waals surface area contributed by atoms with E-state index in [2.05, 4.69) is 5.10 Å². The van der Waals surface area contributed by atoms with Crippen LogP contribution in [0, 0.1) is 12.3 Å². The van der Waals surface area contributed by atoms with Gasteiger partial charge in [0.1, 0.15) is 0 Å². The Morgan fingerprint density at radius 1 is 1.29 bits per heavy atom. The fourth-order valence-corrected chi connectivity index (χ4v) is 3.60. The van der Waals surface area contributed by atoms with E-state index in [0.29, 0.717) is 12.0 Å². The quantitative estimate of drug-likeness (QED) is 0.769. The van der Waals surface area contributed by atoms with Gasteiger partial charge in [0.2, 0.25) is 5.91 Å². The van der Waals surface area contributed by atoms with Gasteiger partial charge in [0.25, 0.3) is 5.91 Å². The van der Waals surface area contributed by atoms with Crippen molar-refractivity contribution in [2.24, 2.45) is 12.5 Å². The molecule has 0 bridgehead atoms. The molecule has 0 N–H and O–H groups in total. The molecule has 2 aliphatic heterocycles. The summed E-state index contributed by atoms with van der Waals surface area (Å²) in [4.78, 5) is 28.1. The summed E-state index contributed by atoms with van der Waals surface area (Å²) in [5.41, 5.74) is 1.55. The molecular formula is C15H22N4O2. The summed E-state index contributed by atoms with van der Waals surface area (Å²) in [6.07, 6.45) is 4.24. The van der Waals surface area contributed by atoms with Crippen LogP contribution in [0.1, 0.15) is 35.3 Å². The van der Waals surface area contributed by atoms with Crippen LogP contribution < -0.4 is 0 Å². The summed E-state index contributed by atoms with van der Waals surface area (Å²) in [6.45, 7) is 4.16. The molecule has 2 aliphatic rings. The molecule has 0 radical (unpaired) electrons. The smallest absolute Gasteiger partial charge is 0.257 e. The number of carbonyl (C=O) groups is 2. The Hall–Kier alpha value is -1.85. The molecule has 0 aliphatic carbocycles. The molecule has 1 spiro atoms. The average Bonchev–Trinajstić information content (AvgIpc) is 2.90. The van der Waals surface area contributed by atoms with Gasteiger partial charge in [-0.3, -0.25) is 14.3 Å². The molecule has 1 aromatic heterocycles. The standard InChI is InChI=1S/C15H22N4O2/c1-11-12(9-18(3)16-11)14(21)19-6-4-15(5-7-19)8-13(20)17(2)10-15/h9H,4-8,10H2,1-3H3. The lowest BCUT2D eigenvalue weighted by molar-refractivity contribution is -0.126. The molecule has 6 heteroatoms. The van der Waals surface area contributed by atoms with Gasteiger partial charge >= 0.3 is 0 Å². The summed E-state index contributed by atoms with van der Waals surface area (Å²) in [5.74, 6) is 0.297. The highest BCUT2D eigenvalue weighted by Crippen LogP contribution is 2.40. The number of nitrogens with zero attached hydrogens (tertiary/aromatic N) is 4. The maximum absolute atomic E-state index is 12.6. The van der Waals surface area contributed by atoms with E-state index in [1.165, 1.54) is 0 Å². The lowest BCUT2D eigenvalue weighted by atomic mass is 9.77. The first-order chi connectivity index (χ1) is 9.90. The van der Waals surface area contributed by atoms with Crippen LogP contribution in [-0.4, -0.2) is 58.1 Å². The Morgan fingerprint density at radius 2 is 1.95 bits per heavy atom. The van der Waals surface area contributed by atoms with Gasteiger partial charge in [0.05, 0.1) is 11.3 Å². The summed E-state index contributed by atoms with van der Waals surface area (Å²) in [7, 11) is 3.70. The Labute approximate surface area is 124 Å². The van der Waals surface area contributed by atoms with Gasteiger partial charge in [0.15, 0.2) is 0 Å². The van der Waals surface area contributed by atoms with E-state index in [0.717, 1.165) is 38.2 Å². The predicted molar refractivity (Wildman–Crippen MR) is 77.8 cm³/mol. The molecule has 0 saturated carbocycles. The van der Waals surface area contributed by atoms with Crippen LogP contribution in [0.25, 0.3) is 0 Å². The zero-order valence-corrected chi connectivity index (χ0v) is 12.9. The fraction of sp³-hybridized carbons (Fsp3) is 0.667. The van der Waals surface area contributed by atoms with Gasteiger partial charge in [-0.05, 0) is 19.8 Å². The summed E-state index contributed by atoms with van der Waals surface area (Å²) in [5, 5.41) is 4.24. The highest BCUT2D eigenvalue weighted by molar-refractivity contribution is 5.95. The molecule has 0 unspecified atom stereocenters. The Morgan fingerprint density at radius 3 is 2.43 bits per heavy atom. The zero-order chi connectivity index (χ0) is 15.2. The number of aryl methyl sites for hydroxylation is 2.